The molecular weight excluding hydrogens is 425 g/mol. The normalized spacial score (nSPS) is 12.7. The standard InChI is InChI=1S/C24H37F3O3S/c1-2-3-4-5-6-7-8-9-10-11-19-31(29)20-18-30-22-15-12-21(13-16-22)14-17-23(28)24(25,26)27/h12-13,15-16H,2-11,14,17-20H2,1H3. The van der Waals surface area contributed by atoms with Crippen LogP contribution in [0.1, 0.15) is 83.1 Å². The maximum Gasteiger partial charge on any atom is 0.449 e. The van der Waals surface area contributed by atoms with Crippen molar-refractivity contribution < 1.29 is 27.3 Å². The molecule has 1 rings (SSSR count). The zero-order chi connectivity index (χ0) is 23.0. The van der Waals surface area contributed by atoms with E-state index in [9.17, 15) is 22.5 Å². The molecule has 0 amide bonds. The highest BCUT2D eigenvalue weighted by molar-refractivity contribution is 7.91. The molecule has 0 saturated carbocycles. The average Bonchev–Trinajstić information content (AvgIpc) is 2.73. The number of Topliss-reactive ketones (excluding diaryl/α,β-unsaturated/α-hetero) is 1. The topological polar surface area (TPSA) is 49.4 Å². The van der Waals surface area contributed by atoms with Crippen molar-refractivity contribution in [3.05, 3.63) is 29.8 Å². The van der Waals surface area contributed by atoms with Crippen molar-refractivity contribution in [1.29, 1.82) is 0 Å². The summed E-state index contributed by atoms with van der Waals surface area (Å²) in [5, 5.41) is 0. The Hall–Kier alpha value is -1.21. The zero-order valence-electron chi connectivity index (χ0n) is 18.7. The number of rotatable bonds is 18. The predicted molar refractivity (Wildman–Crippen MR) is 121 cm³/mol. The van der Waals surface area contributed by atoms with Gasteiger partial charge in [-0.25, -0.2) is 0 Å². The number of halogens is 3. The SMILES string of the molecule is CCCCCCCCCCCC[S+]([O-])CCOc1ccc(CCC(=O)C(F)(F)F)cc1. The molecule has 0 aromatic heterocycles. The van der Waals surface area contributed by atoms with Gasteiger partial charge < -0.3 is 9.29 Å². The van der Waals surface area contributed by atoms with E-state index >= 15 is 0 Å². The molecule has 0 aliphatic heterocycles. The number of ketones is 1. The summed E-state index contributed by atoms with van der Waals surface area (Å²) in [6.45, 7) is 2.57. The molecule has 0 spiro atoms. The van der Waals surface area contributed by atoms with Gasteiger partial charge in [0, 0.05) is 6.42 Å². The fourth-order valence-electron chi connectivity index (χ4n) is 3.26. The molecule has 1 unspecified atom stereocenters. The highest BCUT2D eigenvalue weighted by Gasteiger charge is 2.37. The van der Waals surface area contributed by atoms with Crippen LogP contribution in [0.3, 0.4) is 0 Å². The van der Waals surface area contributed by atoms with Crippen LogP contribution in [0.15, 0.2) is 24.3 Å². The number of carbonyl (C=O) groups excluding carboxylic acids is 1. The Kier molecular flexibility index (Phi) is 14.7. The number of carbonyl (C=O) groups is 1. The van der Waals surface area contributed by atoms with Crippen molar-refractivity contribution in [3.8, 4) is 5.75 Å². The zero-order valence-corrected chi connectivity index (χ0v) is 19.5. The van der Waals surface area contributed by atoms with Crippen LogP contribution >= 0.6 is 0 Å². The largest absolute Gasteiger partial charge is 0.616 e. The molecule has 0 radical (unpaired) electrons. The van der Waals surface area contributed by atoms with E-state index in [1.807, 2.05) is 0 Å². The molecule has 0 aliphatic carbocycles. The maximum absolute atomic E-state index is 12.2. The maximum atomic E-state index is 12.2. The van der Waals surface area contributed by atoms with E-state index in [2.05, 4.69) is 6.92 Å². The fourth-order valence-corrected chi connectivity index (χ4v) is 4.26. The molecule has 0 aliphatic rings. The van der Waals surface area contributed by atoms with Gasteiger partial charge >= 0.3 is 6.18 Å². The van der Waals surface area contributed by atoms with Crippen LogP contribution in [-0.4, -0.2) is 34.6 Å². The molecule has 0 bridgehead atoms. The molecule has 178 valence electrons. The summed E-state index contributed by atoms with van der Waals surface area (Å²) in [7, 11) is 0. The van der Waals surface area contributed by atoms with E-state index in [1.165, 1.54) is 51.4 Å². The van der Waals surface area contributed by atoms with Crippen molar-refractivity contribution in [2.45, 2.75) is 90.1 Å². The molecule has 1 atom stereocenters. The van der Waals surface area contributed by atoms with Gasteiger partial charge in [-0.15, -0.1) is 0 Å². The Bertz CT molecular complexity index is 591. The number of unbranched alkanes of at least 4 members (excludes halogenated alkanes) is 9. The minimum absolute atomic E-state index is 0.0432. The van der Waals surface area contributed by atoms with Gasteiger partial charge in [-0.05, 0) is 37.0 Å². The van der Waals surface area contributed by atoms with Crippen LogP contribution in [0.2, 0.25) is 0 Å². The van der Waals surface area contributed by atoms with Gasteiger partial charge in [0.05, 0.1) is 0 Å². The molecule has 0 saturated heterocycles. The smallest absolute Gasteiger partial charge is 0.449 e. The van der Waals surface area contributed by atoms with Gasteiger partial charge in [0.2, 0.25) is 5.78 Å². The van der Waals surface area contributed by atoms with Crippen molar-refractivity contribution in [1.82, 2.24) is 0 Å². The van der Waals surface area contributed by atoms with Crippen LogP contribution in [0.5, 0.6) is 5.75 Å². The summed E-state index contributed by atoms with van der Waals surface area (Å²) < 4.78 is 54.3. The van der Waals surface area contributed by atoms with Crippen LogP contribution in [0.25, 0.3) is 0 Å². The van der Waals surface area contributed by atoms with Crippen LogP contribution in [-0.2, 0) is 22.4 Å². The second kappa shape index (κ2) is 16.4. The van der Waals surface area contributed by atoms with E-state index in [0.717, 1.165) is 12.8 Å². The molecule has 0 heterocycles. The Morgan fingerprint density at radius 3 is 2.00 bits per heavy atom. The van der Waals surface area contributed by atoms with Gasteiger partial charge in [-0.1, -0.05) is 81.6 Å². The summed E-state index contributed by atoms with van der Waals surface area (Å²) >= 11 is -0.897. The average molecular weight is 463 g/mol. The Morgan fingerprint density at radius 2 is 1.45 bits per heavy atom. The first kappa shape index (κ1) is 27.8. The number of benzene rings is 1. The molecule has 7 heteroatoms. The minimum Gasteiger partial charge on any atom is -0.616 e. The first-order chi connectivity index (χ1) is 14.8. The lowest BCUT2D eigenvalue weighted by molar-refractivity contribution is -0.171. The van der Waals surface area contributed by atoms with E-state index in [0.29, 0.717) is 29.4 Å². The summed E-state index contributed by atoms with van der Waals surface area (Å²) in [5.41, 5.74) is 0.648. The van der Waals surface area contributed by atoms with E-state index in [-0.39, 0.29) is 6.42 Å². The summed E-state index contributed by atoms with van der Waals surface area (Å²) in [4.78, 5) is 10.9. The molecule has 1 aromatic rings. The number of aryl methyl sites for hydroxylation is 1. The number of hydrogen-bond acceptors (Lipinski definition) is 3. The predicted octanol–water partition coefficient (Wildman–Crippen LogP) is 6.80. The van der Waals surface area contributed by atoms with E-state index in [1.54, 1.807) is 24.3 Å². The van der Waals surface area contributed by atoms with Crippen molar-refractivity contribution >= 4 is 17.0 Å². The quantitative estimate of drug-likeness (QED) is 0.178. The third kappa shape index (κ3) is 14.5. The van der Waals surface area contributed by atoms with Crippen LogP contribution in [0, 0.1) is 0 Å². The molecule has 3 nitrogen and oxygen atoms in total. The van der Waals surface area contributed by atoms with E-state index < -0.39 is 29.6 Å². The lowest BCUT2D eigenvalue weighted by Crippen LogP contribution is -2.22. The first-order valence-electron chi connectivity index (χ1n) is 11.5. The summed E-state index contributed by atoms with van der Waals surface area (Å²) in [6.07, 6.45) is 7.26. The lowest BCUT2D eigenvalue weighted by atomic mass is 10.1. The molecule has 31 heavy (non-hydrogen) atoms. The Morgan fingerprint density at radius 1 is 0.903 bits per heavy atom. The number of hydrogen-bond donors (Lipinski definition) is 0. The second-order valence-corrected chi connectivity index (χ2v) is 9.64. The molecule has 0 fully saturated rings. The lowest BCUT2D eigenvalue weighted by Gasteiger charge is -2.12. The van der Waals surface area contributed by atoms with E-state index in [4.69, 9.17) is 4.74 Å². The second-order valence-electron chi connectivity index (χ2n) is 7.94. The molecule has 0 N–H and O–H groups in total. The minimum atomic E-state index is -4.77. The van der Waals surface area contributed by atoms with Crippen molar-refractivity contribution in [2.24, 2.45) is 0 Å². The third-order valence-corrected chi connectivity index (χ3v) is 6.55. The molecular formula is C24H37F3O3S. The monoisotopic (exact) mass is 462 g/mol. The highest BCUT2D eigenvalue weighted by Crippen LogP contribution is 2.20. The van der Waals surface area contributed by atoms with Crippen molar-refractivity contribution in [3.63, 3.8) is 0 Å². The van der Waals surface area contributed by atoms with Gasteiger partial charge in [-0.3, -0.25) is 4.79 Å². The van der Waals surface area contributed by atoms with Gasteiger partial charge in [0.15, 0.2) is 0 Å². The first-order valence-corrected chi connectivity index (χ1v) is 13.0. The third-order valence-electron chi connectivity index (χ3n) is 5.19. The van der Waals surface area contributed by atoms with Crippen molar-refractivity contribution in [2.75, 3.05) is 18.1 Å². The van der Waals surface area contributed by atoms with Crippen LogP contribution < -0.4 is 4.74 Å². The number of alkyl halides is 3. The van der Waals surface area contributed by atoms with Gasteiger partial charge in [0.1, 0.15) is 23.9 Å². The molecule has 1 aromatic carbocycles. The Balaban J connectivity index is 2.05. The Labute approximate surface area is 188 Å². The van der Waals surface area contributed by atoms with Gasteiger partial charge in [0.25, 0.3) is 0 Å². The van der Waals surface area contributed by atoms with Gasteiger partial charge in [-0.2, -0.15) is 13.2 Å². The summed E-state index contributed by atoms with van der Waals surface area (Å²) in [5.74, 6) is 0.0465. The van der Waals surface area contributed by atoms with Crippen LogP contribution in [0.4, 0.5) is 13.2 Å². The number of ether oxygens (including phenoxy) is 1. The summed E-state index contributed by atoms with van der Waals surface area (Å²) in [6, 6.07) is 6.64. The fraction of sp³-hybridized carbons (Fsp3) is 0.708. The highest BCUT2D eigenvalue weighted by atomic mass is 32.2.